The van der Waals surface area contributed by atoms with E-state index in [9.17, 15) is 19.7 Å². The van der Waals surface area contributed by atoms with Gasteiger partial charge in [-0.05, 0) is 48.5 Å². The van der Waals surface area contributed by atoms with Crippen molar-refractivity contribution in [2.45, 2.75) is 26.2 Å². The normalized spacial score (nSPS) is 11.6. The third-order valence-electron chi connectivity index (χ3n) is 5.75. The zero-order valence-corrected chi connectivity index (χ0v) is 24.8. The minimum Gasteiger partial charge on any atom is -0.493 e. The summed E-state index contributed by atoms with van der Waals surface area (Å²) >= 11 is 9.23. The summed E-state index contributed by atoms with van der Waals surface area (Å²) in [5, 5.41) is 19.8. The number of carbonyl (C=O) groups excluding carboxylic acids is 1. The predicted octanol–water partition coefficient (Wildman–Crippen LogP) is 5.93. The molecule has 0 bridgehead atoms. The number of aromatic nitrogens is 2. The van der Waals surface area contributed by atoms with Gasteiger partial charge >= 0.3 is 5.69 Å². The van der Waals surface area contributed by atoms with E-state index in [4.69, 9.17) is 21.1 Å². The van der Waals surface area contributed by atoms with Gasteiger partial charge in [0, 0.05) is 32.2 Å². The van der Waals surface area contributed by atoms with Gasteiger partial charge in [0.2, 0.25) is 5.75 Å². The molecule has 0 spiro atoms. The Hall–Kier alpha value is -4.29. The molecule has 11 nitrogen and oxygen atoms in total. The molecule has 0 fully saturated rings. The molecular weight excluding hydrogens is 618 g/mol. The molecule has 0 aliphatic heterocycles. The van der Waals surface area contributed by atoms with Crippen molar-refractivity contribution in [3.63, 3.8) is 0 Å². The highest BCUT2D eigenvalue weighted by atomic mass is 79.9. The molecule has 41 heavy (non-hydrogen) atoms. The molecular formula is C28H25BrClN5O6. The van der Waals surface area contributed by atoms with E-state index >= 15 is 0 Å². The highest BCUT2D eigenvalue weighted by Gasteiger charge is 2.25. The van der Waals surface area contributed by atoms with E-state index in [1.807, 2.05) is 20.8 Å². The first kappa shape index (κ1) is 29.7. The number of nitrogens with zero attached hydrogens (tertiary/aromatic N) is 4. The number of hydrogen-bond donors (Lipinski definition) is 1. The number of ether oxygens (including phenoxy) is 2. The molecule has 3 aromatic carbocycles. The maximum absolute atomic E-state index is 13.4. The van der Waals surface area contributed by atoms with Crippen LogP contribution >= 0.6 is 27.5 Å². The molecule has 0 unspecified atom stereocenters. The monoisotopic (exact) mass is 641 g/mol. The van der Waals surface area contributed by atoms with E-state index in [1.54, 1.807) is 42.5 Å². The molecule has 1 aromatic heterocycles. The van der Waals surface area contributed by atoms with Crippen molar-refractivity contribution in [3.8, 4) is 11.5 Å². The van der Waals surface area contributed by atoms with E-state index in [0.717, 1.165) is 0 Å². The zero-order chi connectivity index (χ0) is 29.9. The number of carbonyl (C=O) groups is 1. The minimum absolute atomic E-state index is 0.00361. The summed E-state index contributed by atoms with van der Waals surface area (Å²) in [6.45, 7) is 5.17. The second kappa shape index (κ2) is 12.1. The van der Waals surface area contributed by atoms with Gasteiger partial charge in [-0.15, -0.1) is 0 Å². The van der Waals surface area contributed by atoms with Crippen LogP contribution in [-0.2, 0) is 10.2 Å². The van der Waals surface area contributed by atoms with Gasteiger partial charge in [0.05, 0.1) is 29.2 Å². The largest absolute Gasteiger partial charge is 0.493 e. The Morgan fingerprint density at radius 3 is 2.54 bits per heavy atom. The van der Waals surface area contributed by atoms with Crippen molar-refractivity contribution < 1.29 is 19.2 Å². The van der Waals surface area contributed by atoms with Crippen molar-refractivity contribution in [3.05, 3.63) is 95.9 Å². The summed E-state index contributed by atoms with van der Waals surface area (Å²) in [6, 6.07) is 14.3. The van der Waals surface area contributed by atoms with Crippen molar-refractivity contribution in [1.82, 2.24) is 9.66 Å². The number of halogens is 2. The lowest BCUT2D eigenvalue weighted by Crippen LogP contribution is -2.29. The predicted molar refractivity (Wildman–Crippen MR) is 161 cm³/mol. The molecule has 0 radical (unpaired) electrons. The molecule has 0 aliphatic rings. The highest BCUT2D eigenvalue weighted by Crippen LogP contribution is 2.38. The van der Waals surface area contributed by atoms with Gasteiger partial charge < -0.3 is 14.8 Å². The zero-order valence-electron chi connectivity index (χ0n) is 22.5. The number of rotatable bonds is 8. The van der Waals surface area contributed by atoms with Gasteiger partial charge in [-0.3, -0.25) is 19.7 Å². The number of fused-ring (bicyclic) bond motifs is 1. The third kappa shape index (κ3) is 6.90. The van der Waals surface area contributed by atoms with Gasteiger partial charge in [0.25, 0.3) is 11.5 Å². The number of amides is 1. The van der Waals surface area contributed by atoms with E-state index < -0.39 is 34.1 Å². The fraction of sp³-hybridized carbons (Fsp3) is 0.214. The summed E-state index contributed by atoms with van der Waals surface area (Å²) in [5.41, 5.74) is -0.136. The van der Waals surface area contributed by atoms with Crippen LogP contribution in [0.25, 0.3) is 10.9 Å². The van der Waals surface area contributed by atoms with Gasteiger partial charge in [0.1, 0.15) is 5.82 Å². The topological polar surface area (TPSA) is 138 Å². The van der Waals surface area contributed by atoms with Crippen LogP contribution in [-0.4, -0.2) is 40.4 Å². The number of benzene rings is 3. The maximum Gasteiger partial charge on any atom is 0.315 e. The molecule has 0 saturated carbocycles. The number of nitro benzene ring substituents is 1. The molecule has 4 rings (SSSR count). The average Bonchev–Trinajstić information content (AvgIpc) is 2.92. The summed E-state index contributed by atoms with van der Waals surface area (Å²) in [5.74, 6) is -0.366. The van der Waals surface area contributed by atoms with E-state index in [0.29, 0.717) is 31.9 Å². The summed E-state index contributed by atoms with van der Waals surface area (Å²) in [6.07, 6.45) is 1.30. The SMILES string of the molecule is COc1cc(C=Nn2c(C(C)(C)C)nc3ccc(Br)cc3c2=O)cc([N+](=O)[O-])c1OCC(=O)Nc1ccc(Cl)cc1. The highest BCUT2D eigenvalue weighted by molar-refractivity contribution is 9.10. The molecule has 0 saturated heterocycles. The molecule has 1 heterocycles. The maximum atomic E-state index is 13.4. The Balaban J connectivity index is 1.68. The number of nitro groups is 1. The quantitative estimate of drug-likeness (QED) is 0.143. The van der Waals surface area contributed by atoms with Crippen LogP contribution in [0.5, 0.6) is 11.5 Å². The van der Waals surface area contributed by atoms with Crippen molar-refractivity contribution in [1.29, 1.82) is 0 Å². The summed E-state index contributed by atoms with van der Waals surface area (Å²) in [7, 11) is 1.31. The number of hydrogen-bond acceptors (Lipinski definition) is 8. The first-order valence-electron chi connectivity index (χ1n) is 12.2. The van der Waals surface area contributed by atoms with Crippen LogP contribution in [0.4, 0.5) is 11.4 Å². The third-order valence-corrected chi connectivity index (χ3v) is 6.50. The van der Waals surface area contributed by atoms with Crippen LogP contribution in [0, 0.1) is 10.1 Å². The lowest BCUT2D eigenvalue weighted by atomic mass is 9.95. The molecule has 13 heteroatoms. The smallest absolute Gasteiger partial charge is 0.315 e. The van der Waals surface area contributed by atoms with Gasteiger partial charge in [-0.1, -0.05) is 48.3 Å². The van der Waals surface area contributed by atoms with Gasteiger partial charge in [-0.2, -0.15) is 9.78 Å². The van der Waals surface area contributed by atoms with Crippen LogP contribution in [0.3, 0.4) is 0 Å². The Labute approximate surface area is 248 Å². The lowest BCUT2D eigenvalue weighted by molar-refractivity contribution is -0.385. The summed E-state index contributed by atoms with van der Waals surface area (Å²) in [4.78, 5) is 41.8. The Morgan fingerprint density at radius 2 is 1.90 bits per heavy atom. The molecule has 0 aliphatic carbocycles. The Bertz CT molecular complexity index is 1730. The van der Waals surface area contributed by atoms with Crippen molar-refractivity contribution in [2.75, 3.05) is 19.0 Å². The second-order valence-electron chi connectivity index (χ2n) is 9.88. The second-order valence-corrected chi connectivity index (χ2v) is 11.2. The molecule has 0 atom stereocenters. The van der Waals surface area contributed by atoms with Crippen molar-refractivity contribution >= 4 is 61.9 Å². The molecule has 212 valence electrons. The van der Waals surface area contributed by atoms with E-state index in [2.05, 4.69) is 31.3 Å². The van der Waals surface area contributed by atoms with Gasteiger partial charge in [0.15, 0.2) is 12.4 Å². The average molecular weight is 643 g/mol. The van der Waals surface area contributed by atoms with Crippen LogP contribution in [0.15, 0.2) is 69.0 Å². The van der Waals surface area contributed by atoms with Crippen LogP contribution in [0.1, 0.15) is 32.2 Å². The van der Waals surface area contributed by atoms with E-state index in [1.165, 1.54) is 30.1 Å². The molecule has 1 amide bonds. The first-order chi connectivity index (χ1) is 19.4. The number of nitrogens with one attached hydrogen (secondary N) is 1. The summed E-state index contributed by atoms with van der Waals surface area (Å²) < 4.78 is 12.7. The molecule has 1 N–H and O–H groups in total. The number of anilines is 1. The van der Waals surface area contributed by atoms with Crippen molar-refractivity contribution in [2.24, 2.45) is 5.10 Å². The van der Waals surface area contributed by atoms with Crippen LogP contribution < -0.4 is 20.3 Å². The molecule has 4 aromatic rings. The van der Waals surface area contributed by atoms with E-state index in [-0.39, 0.29) is 17.1 Å². The Morgan fingerprint density at radius 1 is 1.20 bits per heavy atom. The van der Waals surface area contributed by atoms with Gasteiger partial charge in [-0.25, -0.2) is 4.98 Å². The van der Waals surface area contributed by atoms with Crippen LogP contribution in [0.2, 0.25) is 5.02 Å². The Kier molecular flexibility index (Phi) is 8.74. The number of methoxy groups -OCH3 is 1. The first-order valence-corrected chi connectivity index (χ1v) is 13.4. The lowest BCUT2D eigenvalue weighted by Gasteiger charge is -2.20. The fourth-order valence-corrected chi connectivity index (χ4v) is 4.34. The minimum atomic E-state index is -0.659. The standard InChI is InChI=1S/C28H25BrClN5O6/c1-28(2,3)27-33-21-10-5-17(29)13-20(21)26(37)34(27)31-14-16-11-22(35(38)39)25(23(12-16)40-4)41-15-24(36)32-19-8-6-18(30)7-9-19/h5-14H,15H2,1-4H3,(H,32,36). The fourth-order valence-electron chi connectivity index (χ4n) is 3.85.